The van der Waals surface area contributed by atoms with Crippen molar-refractivity contribution < 1.29 is 8.42 Å². The molecule has 0 amide bonds. The van der Waals surface area contributed by atoms with E-state index in [0.717, 1.165) is 50.2 Å². The van der Waals surface area contributed by atoms with Crippen molar-refractivity contribution in [3.05, 3.63) is 47.5 Å². The van der Waals surface area contributed by atoms with Crippen molar-refractivity contribution in [3.63, 3.8) is 0 Å². The minimum Gasteiger partial charge on any atom is -0.328 e. The maximum Gasteiger partial charge on any atom is 0.152 e. The van der Waals surface area contributed by atoms with E-state index in [-0.39, 0.29) is 23.6 Å². The maximum atomic E-state index is 12.0. The number of rotatable bonds is 5. The molecule has 2 heterocycles. The molecule has 0 radical (unpaired) electrons. The summed E-state index contributed by atoms with van der Waals surface area (Å²) in [5.41, 5.74) is 7.33. The molecule has 4 rings (SSSR count). The second-order valence-electron chi connectivity index (χ2n) is 7.98. The van der Waals surface area contributed by atoms with Gasteiger partial charge in [-0.05, 0) is 44.1 Å². The molecule has 1 saturated carbocycles. The third-order valence-corrected chi connectivity index (χ3v) is 7.62. The van der Waals surface area contributed by atoms with Crippen LogP contribution in [-0.2, 0) is 22.7 Å². The van der Waals surface area contributed by atoms with E-state index in [1.54, 1.807) is 0 Å². The maximum absolute atomic E-state index is 12.0. The smallest absolute Gasteiger partial charge is 0.152 e. The summed E-state index contributed by atoms with van der Waals surface area (Å²) in [7, 11) is -2.95. The molecule has 0 bridgehead atoms. The van der Waals surface area contributed by atoms with Gasteiger partial charge in [-0.15, -0.1) is 0 Å². The van der Waals surface area contributed by atoms with Crippen molar-refractivity contribution in [2.24, 2.45) is 5.73 Å². The highest BCUT2D eigenvalue weighted by molar-refractivity contribution is 7.91. The van der Waals surface area contributed by atoms with Gasteiger partial charge >= 0.3 is 0 Å². The molecule has 2 fully saturated rings. The Morgan fingerprint density at radius 2 is 1.78 bits per heavy atom. The normalized spacial score (nSPS) is 27.7. The standard InChI is InChI=1S/C20H28N4O2S/c21-17-9-7-16(8-10-17)20-22-19(11-6-15-4-2-1-3-5-15)23-24(20)18-12-13-27(25,26)14-18/h1-5,16-18H,6-14,21H2. The Kier molecular flexibility index (Phi) is 5.32. The number of hydrogen-bond donors (Lipinski definition) is 1. The van der Waals surface area contributed by atoms with Gasteiger partial charge in [0.15, 0.2) is 15.7 Å². The summed E-state index contributed by atoms with van der Waals surface area (Å²) in [6.07, 6.45) is 6.33. The van der Waals surface area contributed by atoms with Gasteiger partial charge in [0.25, 0.3) is 0 Å². The summed E-state index contributed by atoms with van der Waals surface area (Å²) < 4.78 is 25.9. The van der Waals surface area contributed by atoms with Gasteiger partial charge in [0.1, 0.15) is 5.82 Å². The van der Waals surface area contributed by atoms with Crippen molar-refractivity contribution >= 4 is 9.84 Å². The van der Waals surface area contributed by atoms with Crippen LogP contribution in [0.5, 0.6) is 0 Å². The molecule has 2 N–H and O–H groups in total. The van der Waals surface area contributed by atoms with Crippen molar-refractivity contribution in [2.45, 2.75) is 62.9 Å². The van der Waals surface area contributed by atoms with Crippen LogP contribution in [0.3, 0.4) is 0 Å². The molecule has 1 aliphatic carbocycles. The average molecular weight is 389 g/mol. The van der Waals surface area contributed by atoms with Crippen LogP contribution in [0.25, 0.3) is 0 Å². The second-order valence-corrected chi connectivity index (χ2v) is 10.2. The van der Waals surface area contributed by atoms with Crippen LogP contribution in [0, 0.1) is 0 Å². The topological polar surface area (TPSA) is 90.9 Å². The van der Waals surface area contributed by atoms with E-state index in [2.05, 4.69) is 12.1 Å². The van der Waals surface area contributed by atoms with Gasteiger partial charge < -0.3 is 5.73 Å². The van der Waals surface area contributed by atoms with E-state index in [1.807, 2.05) is 22.9 Å². The number of nitrogens with two attached hydrogens (primary N) is 1. The summed E-state index contributed by atoms with van der Waals surface area (Å²) in [6, 6.07) is 10.5. The Bertz CT molecular complexity index is 871. The molecule has 6 nitrogen and oxygen atoms in total. The van der Waals surface area contributed by atoms with Gasteiger partial charge in [0.2, 0.25) is 0 Å². The van der Waals surface area contributed by atoms with Crippen molar-refractivity contribution in [1.29, 1.82) is 0 Å². The van der Waals surface area contributed by atoms with E-state index in [0.29, 0.717) is 12.3 Å². The molecule has 1 aromatic heterocycles. The van der Waals surface area contributed by atoms with E-state index < -0.39 is 9.84 Å². The van der Waals surface area contributed by atoms with Crippen LogP contribution in [0.4, 0.5) is 0 Å². The molecule has 7 heteroatoms. The van der Waals surface area contributed by atoms with Crippen LogP contribution < -0.4 is 5.73 Å². The molecule has 146 valence electrons. The summed E-state index contributed by atoms with van der Waals surface area (Å²) >= 11 is 0. The first-order valence-electron chi connectivity index (χ1n) is 9.95. The first kappa shape index (κ1) is 18.6. The summed E-state index contributed by atoms with van der Waals surface area (Å²) in [6.45, 7) is 0. The van der Waals surface area contributed by atoms with E-state index in [9.17, 15) is 8.42 Å². The number of aromatic nitrogens is 3. The third-order valence-electron chi connectivity index (χ3n) is 5.87. The van der Waals surface area contributed by atoms with Crippen LogP contribution >= 0.6 is 0 Å². The average Bonchev–Trinajstić information content (AvgIpc) is 3.24. The first-order valence-corrected chi connectivity index (χ1v) is 11.8. The van der Waals surface area contributed by atoms with Gasteiger partial charge in [0.05, 0.1) is 17.5 Å². The van der Waals surface area contributed by atoms with Crippen LogP contribution in [0.1, 0.15) is 61.3 Å². The highest BCUT2D eigenvalue weighted by Crippen LogP contribution is 2.34. The van der Waals surface area contributed by atoms with Gasteiger partial charge in [-0.25, -0.2) is 18.1 Å². The molecule has 1 saturated heterocycles. The SMILES string of the molecule is NC1CCC(c2nc(CCc3ccccc3)nn2C2CCS(=O)(=O)C2)CC1. The molecule has 1 aromatic carbocycles. The predicted molar refractivity (Wildman–Crippen MR) is 105 cm³/mol. The first-order chi connectivity index (χ1) is 13.0. The zero-order valence-corrected chi connectivity index (χ0v) is 16.4. The molecule has 0 spiro atoms. The number of hydrogen-bond acceptors (Lipinski definition) is 5. The lowest BCUT2D eigenvalue weighted by atomic mass is 9.86. The summed E-state index contributed by atoms with van der Waals surface area (Å²) in [5.74, 6) is 2.59. The van der Waals surface area contributed by atoms with Crippen molar-refractivity contribution in [1.82, 2.24) is 14.8 Å². The third kappa shape index (κ3) is 4.41. The Labute approximate surface area is 161 Å². The largest absolute Gasteiger partial charge is 0.328 e. The zero-order valence-electron chi connectivity index (χ0n) is 15.6. The molecule has 1 aliphatic heterocycles. The molecule has 27 heavy (non-hydrogen) atoms. The fourth-order valence-electron chi connectivity index (χ4n) is 4.28. The lowest BCUT2D eigenvalue weighted by Gasteiger charge is -2.26. The molecule has 1 atom stereocenters. The number of benzene rings is 1. The Hall–Kier alpha value is -1.73. The number of aryl methyl sites for hydroxylation is 2. The molecule has 2 aliphatic rings. The van der Waals surface area contributed by atoms with Crippen LogP contribution in [0.15, 0.2) is 30.3 Å². The number of sulfone groups is 1. The summed E-state index contributed by atoms with van der Waals surface area (Å²) in [5, 5.41) is 4.78. The monoisotopic (exact) mass is 388 g/mol. The van der Waals surface area contributed by atoms with Gasteiger partial charge in [-0.2, -0.15) is 5.10 Å². The predicted octanol–water partition coefficient (Wildman–Crippen LogP) is 2.41. The van der Waals surface area contributed by atoms with Crippen LogP contribution in [-0.4, -0.2) is 40.7 Å². The van der Waals surface area contributed by atoms with Gasteiger partial charge in [-0.1, -0.05) is 30.3 Å². The zero-order chi connectivity index (χ0) is 18.9. The highest BCUT2D eigenvalue weighted by Gasteiger charge is 2.34. The van der Waals surface area contributed by atoms with E-state index >= 15 is 0 Å². The number of nitrogens with zero attached hydrogens (tertiary/aromatic N) is 3. The van der Waals surface area contributed by atoms with Gasteiger partial charge in [0, 0.05) is 18.4 Å². The fourth-order valence-corrected chi connectivity index (χ4v) is 5.97. The summed E-state index contributed by atoms with van der Waals surface area (Å²) in [4.78, 5) is 4.88. The van der Waals surface area contributed by atoms with E-state index in [4.69, 9.17) is 15.8 Å². The highest BCUT2D eigenvalue weighted by atomic mass is 32.2. The fraction of sp³-hybridized carbons (Fsp3) is 0.600. The van der Waals surface area contributed by atoms with Crippen molar-refractivity contribution in [3.8, 4) is 0 Å². The molecular formula is C20H28N4O2S. The molecule has 1 unspecified atom stereocenters. The second kappa shape index (κ2) is 7.72. The lowest BCUT2D eigenvalue weighted by Crippen LogP contribution is -2.27. The van der Waals surface area contributed by atoms with Crippen LogP contribution in [0.2, 0.25) is 0 Å². The van der Waals surface area contributed by atoms with E-state index in [1.165, 1.54) is 5.56 Å². The quantitative estimate of drug-likeness (QED) is 0.849. The minimum atomic E-state index is -2.95. The van der Waals surface area contributed by atoms with Gasteiger partial charge in [-0.3, -0.25) is 0 Å². The molecular weight excluding hydrogens is 360 g/mol. The molecule has 2 aromatic rings. The minimum absolute atomic E-state index is 0.0708. The Balaban J connectivity index is 1.56. The Morgan fingerprint density at radius 1 is 1.04 bits per heavy atom. The van der Waals surface area contributed by atoms with Crippen molar-refractivity contribution in [2.75, 3.05) is 11.5 Å². The Morgan fingerprint density at radius 3 is 2.44 bits per heavy atom. The lowest BCUT2D eigenvalue weighted by molar-refractivity contribution is 0.359.